The lowest BCUT2D eigenvalue weighted by Crippen LogP contribution is -2.30. The number of carbonyl (C=O) groups excluding carboxylic acids is 2. The van der Waals surface area contributed by atoms with Gasteiger partial charge in [0.1, 0.15) is 5.75 Å². The van der Waals surface area contributed by atoms with Crippen LogP contribution in [-0.2, 0) is 4.79 Å². The second-order valence-corrected chi connectivity index (χ2v) is 7.70. The molecule has 2 amide bonds. The fraction of sp³-hybridized carbons (Fsp3) is 0.250. The third-order valence-corrected chi connectivity index (χ3v) is 5.44. The highest BCUT2D eigenvalue weighted by Crippen LogP contribution is 2.24. The van der Waals surface area contributed by atoms with Crippen LogP contribution in [-0.4, -0.2) is 25.0 Å². The molecule has 3 rings (SSSR count). The Balaban J connectivity index is 1.57. The molecule has 3 aromatic rings. The van der Waals surface area contributed by atoms with Gasteiger partial charge in [0.2, 0.25) is 5.91 Å². The summed E-state index contributed by atoms with van der Waals surface area (Å²) in [7, 11) is 0. The van der Waals surface area contributed by atoms with Crippen molar-refractivity contribution in [2.24, 2.45) is 0 Å². The van der Waals surface area contributed by atoms with E-state index in [1.54, 1.807) is 6.07 Å². The van der Waals surface area contributed by atoms with Crippen LogP contribution in [0.15, 0.2) is 72.1 Å². The molecule has 1 heterocycles. The van der Waals surface area contributed by atoms with Crippen molar-refractivity contribution in [3.8, 4) is 5.75 Å². The highest BCUT2D eigenvalue weighted by molar-refractivity contribution is 7.12. The molecule has 0 aliphatic rings. The van der Waals surface area contributed by atoms with Gasteiger partial charge < -0.3 is 15.4 Å². The molecule has 0 bridgehead atoms. The molecule has 0 aliphatic heterocycles. The zero-order valence-corrected chi connectivity index (χ0v) is 17.8. The lowest BCUT2D eigenvalue weighted by molar-refractivity contribution is -0.121. The van der Waals surface area contributed by atoms with Crippen molar-refractivity contribution in [2.45, 2.75) is 25.8 Å². The fourth-order valence-electron chi connectivity index (χ4n) is 3.11. The number of hydrogen-bond donors (Lipinski definition) is 2. The van der Waals surface area contributed by atoms with Gasteiger partial charge in [0.15, 0.2) is 0 Å². The van der Waals surface area contributed by atoms with Gasteiger partial charge in [-0.2, -0.15) is 0 Å². The van der Waals surface area contributed by atoms with Gasteiger partial charge in [-0.1, -0.05) is 48.5 Å². The van der Waals surface area contributed by atoms with Crippen LogP contribution in [0.1, 0.15) is 46.6 Å². The quantitative estimate of drug-likeness (QED) is 0.471. The van der Waals surface area contributed by atoms with Crippen LogP contribution in [0.4, 0.5) is 0 Å². The van der Waals surface area contributed by atoms with E-state index < -0.39 is 0 Å². The van der Waals surface area contributed by atoms with Gasteiger partial charge in [-0.05, 0) is 48.1 Å². The molecule has 0 saturated carbocycles. The van der Waals surface area contributed by atoms with E-state index in [1.165, 1.54) is 11.3 Å². The van der Waals surface area contributed by atoms with Crippen LogP contribution in [0.3, 0.4) is 0 Å². The summed E-state index contributed by atoms with van der Waals surface area (Å²) in [6.45, 7) is 3.02. The molecular formula is C24H26N2O3S. The number of rotatable bonds is 10. The molecule has 0 fully saturated rings. The number of benzene rings is 2. The number of thiophene rings is 1. The highest BCUT2D eigenvalue weighted by Gasteiger charge is 2.17. The molecule has 156 valence electrons. The Morgan fingerprint density at radius 2 is 1.70 bits per heavy atom. The Hall–Kier alpha value is -3.12. The second-order valence-electron chi connectivity index (χ2n) is 6.75. The number of nitrogens with one attached hydrogen (secondary N) is 2. The Bertz CT molecular complexity index is 925. The van der Waals surface area contributed by atoms with E-state index in [-0.39, 0.29) is 17.9 Å². The summed E-state index contributed by atoms with van der Waals surface area (Å²) in [5.74, 6) is 0.658. The molecule has 2 aromatic carbocycles. The van der Waals surface area contributed by atoms with Gasteiger partial charge in [0, 0.05) is 13.0 Å². The van der Waals surface area contributed by atoms with E-state index in [0.29, 0.717) is 30.9 Å². The van der Waals surface area contributed by atoms with Crippen molar-refractivity contribution in [1.82, 2.24) is 10.6 Å². The summed E-state index contributed by atoms with van der Waals surface area (Å²) < 4.78 is 5.52. The van der Waals surface area contributed by atoms with Gasteiger partial charge in [0.05, 0.1) is 17.5 Å². The summed E-state index contributed by atoms with van der Waals surface area (Å²) in [5.41, 5.74) is 2.00. The topological polar surface area (TPSA) is 67.4 Å². The third kappa shape index (κ3) is 6.19. The number of amides is 2. The average Bonchev–Trinajstić information content (AvgIpc) is 3.32. The van der Waals surface area contributed by atoms with Crippen molar-refractivity contribution >= 4 is 23.2 Å². The summed E-state index contributed by atoms with van der Waals surface area (Å²) in [6.07, 6.45) is 0.915. The normalized spacial score (nSPS) is 11.5. The molecular weight excluding hydrogens is 396 g/mol. The van der Waals surface area contributed by atoms with Crippen LogP contribution in [0.5, 0.6) is 5.75 Å². The molecule has 0 saturated heterocycles. The van der Waals surface area contributed by atoms with Crippen molar-refractivity contribution < 1.29 is 14.3 Å². The Kier molecular flexibility index (Phi) is 8.03. The lowest BCUT2D eigenvalue weighted by Gasteiger charge is -2.20. The molecule has 1 atom stereocenters. The lowest BCUT2D eigenvalue weighted by atomic mass is 9.98. The molecule has 0 radical (unpaired) electrons. The standard InChI is InChI=1S/C24H26N2O3S/c1-2-29-20-14-12-19(13-15-20)23(18-8-4-3-5-9-18)26-22(27)11-6-16-25-24(28)21-10-7-17-30-21/h3-5,7-10,12-15,17,23H,2,6,11,16H2,1H3,(H,25,28)(H,26,27)/t23-/m0/s1. The summed E-state index contributed by atoms with van der Waals surface area (Å²) in [4.78, 5) is 25.2. The van der Waals surface area contributed by atoms with Crippen LogP contribution < -0.4 is 15.4 Å². The van der Waals surface area contributed by atoms with E-state index in [0.717, 1.165) is 16.9 Å². The molecule has 30 heavy (non-hydrogen) atoms. The predicted octanol–water partition coefficient (Wildman–Crippen LogP) is 4.56. The minimum atomic E-state index is -0.241. The molecule has 2 N–H and O–H groups in total. The minimum Gasteiger partial charge on any atom is -0.494 e. The van der Waals surface area contributed by atoms with E-state index in [9.17, 15) is 9.59 Å². The molecule has 0 unspecified atom stereocenters. The maximum absolute atomic E-state index is 12.6. The molecule has 0 spiro atoms. The summed E-state index contributed by atoms with van der Waals surface area (Å²) >= 11 is 1.40. The number of ether oxygens (including phenoxy) is 1. The first kappa shape index (κ1) is 21.6. The predicted molar refractivity (Wildman–Crippen MR) is 120 cm³/mol. The molecule has 6 heteroatoms. The Morgan fingerprint density at radius 3 is 2.37 bits per heavy atom. The average molecular weight is 423 g/mol. The second kappa shape index (κ2) is 11.2. The smallest absolute Gasteiger partial charge is 0.261 e. The zero-order valence-electron chi connectivity index (χ0n) is 17.0. The van der Waals surface area contributed by atoms with E-state index in [1.807, 2.05) is 73.0 Å². The zero-order chi connectivity index (χ0) is 21.2. The summed E-state index contributed by atoms with van der Waals surface area (Å²) in [6, 6.07) is 21.1. The highest BCUT2D eigenvalue weighted by atomic mass is 32.1. The van der Waals surface area contributed by atoms with Crippen LogP contribution in [0.2, 0.25) is 0 Å². The van der Waals surface area contributed by atoms with E-state index in [4.69, 9.17) is 4.74 Å². The Labute approximate surface area is 181 Å². The first-order chi connectivity index (χ1) is 14.7. The summed E-state index contributed by atoms with van der Waals surface area (Å²) in [5, 5.41) is 7.85. The fourth-order valence-corrected chi connectivity index (χ4v) is 3.75. The monoisotopic (exact) mass is 422 g/mol. The SMILES string of the molecule is CCOc1ccc([C@@H](NC(=O)CCCNC(=O)c2cccs2)c2ccccc2)cc1. The maximum atomic E-state index is 12.6. The number of hydrogen-bond acceptors (Lipinski definition) is 4. The van der Waals surface area contributed by atoms with Crippen LogP contribution in [0.25, 0.3) is 0 Å². The van der Waals surface area contributed by atoms with Gasteiger partial charge in [-0.25, -0.2) is 0 Å². The van der Waals surface area contributed by atoms with Gasteiger partial charge in [-0.15, -0.1) is 11.3 Å². The third-order valence-electron chi connectivity index (χ3n) is 4.57. The van der Waals surface area contributed by atoms with Gasteiger partial charge in [0.25, 0.3) is 5.91 Å². The van der Waals surface area contributed by atoms with Crippen molar-refractivity contribution in [1.29, 1.82) is 0 Å². The molecule has 5 nitrogen and oxygen atoms in total. The van der Waals surface area contributed by atoms with Crippen LogP contribution in [0, 0.1) is 0 Å². The first-order valence-corrected chi connectivity index (χ1v) is 10.9. The van der Waals surface area contributed by atoms with E-state index in [2.05, 4.69) is 10.6 Å². The van der Waals surface area contributed by atoms with Gasteiger partial charge >= 0.3 is 0 Å². The van der Waals surface area contributed by atoms with Crippen LogP contribution >= 0.6 is 11.3 Å². The van der Waals surface area contributed by atoms with Crippen molar-refractivity contribution in [2.75, 3.05) is 13.2 Å². The minimum absolute atomic E-state index is 0.0527. The van der Waals surface area contributed by atoms with Crippen molar-refractivity contribution in [3.63, 3.8) is 0 Å². The molecule has 0 aliphatic carbocycles. The van der Waals surface area contributed by atoms with Crippen molar-refractivity contribution in [3.05, 3.63) is 88.1 Å². The molecule has 1 aromatic heterocycles. The van der Waals surface area contributed by atoms with E-state index >= 15 is 0 Å². The largest absolute Gasteiger partial charge is 0.494 e. The first-order valence-electron chi connectivity index (χ1n) is 10.1. The van der Waals surface area contributed by atoms with Gasteiger partial charge in [-0.3, -0.25) is 9.59 Å². The Morgan fingerprint density at radius 1 is 0.967 bits per heavy atom. The number of carbonyl (C=O) groups is 2. The maximum Gasteiger partial charge on any atom is 0.261 e.